The molecule has 0 bridgehead atoms. The molecule has 0 fully saturated rings. The van der Waals surface area contributed by atoms with Gasteiger partial charge in [0.2, 0.25) is 0 Å². The maximum atomic E-state index is 12.7. The maximum Gasteiger partial charge on any atom is 0.261 e. The number of nitrogens with one attached hydrogen (secondary N) is 2. The Kier molecular flexibility index (Phi) is 4.87. The monoisotopic (exact) mass is 384 g/mol. The van der Waals surface area contributed by atoms with Crippen molar-refractivity contribution in [1.82, 2.24) is 4.98 Å². The number of methoxy groups -OCH3 is 1. The van der Waals surface area contributed by atoms with Crippen LogP contribution in [-0.2, 0) is 0 Å². The topological polar surface area (TPSA) is 71.2 Å². The normalized spacial score (nSPS) is 10.7. The highest BCUT2D eigenvalue weighted by Crippen LogP contribution is 2.26. The molecule has 144 valence electrons. The van der Waals surface area contributed by atoms with Gasteiger partial charge in [-0.15, -0.1) is 0 Å². The van der Waals surface area contributed by atoms with Crippen LogP contribution < -0.4 is 15.6 Å². The predicted octanol–water partition coefficient (Wildman–Crippen LogP) is 4.76. The molecule has 2 N–H and O–H groups in total. The van der Waals surface area contributed by atoms with Gasteiger partial charge in [-0.3, -0.25) is 9.59 Å². The maximum absolute atomic E-state index is 12.7. The smallest absolute Gasteiger partial charge is 0.261 e. The second-order valence-corrected chi connectivity index (χ2v) is 6.83. The number of pyridine rings is 1. The summed E-state index contributed by atoms with van der Waals surface area (Å²) in [6.45, 7) is 1.92. The number of hydrogen-bond acceptors (Lipinski definition) is 3. The zero-order valence-electron chi connectivity index (χ0n) is 16.2. The number of ether oxygens (including phenoxy) is 1. The summed E-state index contributed by atoms with van der Waals surface area (Å²) < 4.78 is 5.28. The SMILES string of the molecule is COc1ccc(C)cc1NC(=O)c1ccc(-c2ccc3ccccc3c2)[nH]c1=O. The minimum absolute atomic E-state index is 0.0399. The van der Waals surface area contributed by atoms with E-state index in [1.54, 1.807) is 24.3 Å². The van der Waals surface area contributed by atoms with Gasteiger partial charge in [0.05, 0.1) is 12.8 Å². The molecule has 5 nitrogen and oxygen atoms in total. The number of amides is 1. The minimum Gasteiger partial charge on any atom is -0.495 e. The fourth-order valence-electron chi connectivity index (χ4n) is 3.29. The molecule has 1 heterocycles. The molecule has 29 heavy (non-hydrogen) atoms. The summed E-state index contributed by atoms with van der Waals surface area (Å²) in [5.74, 6) is 0.0494. The molecule has 0 unspecified atom stereocenters. The van der Waals surface area contributed by atoms with Crippen LogP contribution in [0.1, 0.15) is 15.9 Å². The number of fused-ring (bicyclic) bond motifs is 1. The van der Waals surface area contributed by atoms with Crippen LogP contribution in [-0.4, -0.2) is 18.0 Å². The summed E-state index contributed by atoms with van der Waals surface area (Å²) in [5.41, 5.74) is 2.63. The van der Waals surface area contributed by atoms with Crippen LogP contribution in [0.4, 0.5) is 5.69 Å². The molecule has 0 aliphatic carbocycles. The number of aryl methyl sites for hydroxylation is 1. The van der Waals surface area contributed by atoms with E-state index in [1.807, 2.05) is 55.5 Å². The van der Waals surface area contributed by atoms with Gasteiger partial charge in [0.15, 0.2) is 0 Å². The van der Waals surface area contributed by atoms with Gasteiger partial charge in [-0.05, 0) is 59.2 Å². The van der Waals surface area contributed by atoms with Gasteiger partial charge in [0, 0.05) is 5.69 Å². The van der Waals surface area contributed by atoms with E-state index in [2.05, 4.69) is 10.3 Å². The zero-order valence-corrected chi connectivity index (χ0v) is 16.2. The van der Waals surface area contributed by atoms with E-state index in [1.165, 1.54) is 7.11 Å². The second-order valence-electron chi connectivity index (χ2n) is 6.83. The quantitative estimate of drug-likeness (QED) is 0.533. The van der Waals surface area contributed by atoms with E-state index in [9.17, 15) is 9.59 Å². The molecule has 0 spiro atoms. The number of benzene rings is 3. The molecule has 0 saturated heterocycles. The molecule has 0 aliphatic rings. The highest BCUT2D eigenvalue weighted by Gasteiger charge is 2.14. The molecule has 0 radical (unpaired) electrons. The van der Waals surface area contributed by atoms with Crippen LogP contribution in [0.3, 0.4) is 0 Å². The van der Waals surface area contributed by atoms with Crippen molar-refractivity contribution in [2.75, 3.05) is 12.4 Å². The van der Waals surface area contributed by atoms with Gasteiger partial charge < -0.3 is 15.0 Å². The fourth-order valence-corrected chi connectivity index (χ4v) is 3.29. The van der Waals surface area contributed by atoms with Crippen LogP contribution in [0.5, 0.6) is 5.75 Å². The minimum atomic E-state index is -0.486. The lowest BCUT2D eigenvalue weighted by molar-refractivity contribution is 0.102. The molecule has 0 atom stereocenters. The Morgan fingerprint density at radius 3 is 2.48 bits per heavy atom. The van der Waals surface area contributed by atoms with Crippen LogP contribution in [0.2, 0.25) is 0 Å². The first-order chi connectivity index (χ1) is 14.0. The summed E-state index contributed by atoms with van der Waals surface area (Å²) in [5, 5.41) is 4.97. The lowest BCUT2D eigenvalue weighted by Crippen LogP contribution is -2.23. The van der Waals surface area contributed by atoms with Crippen LogP contribution >= 0.6 is 0 Å². The summed E-state index contributed by atoms with van der Waals surface area (Å²) in [4.78, 5) is 28.0. The molecule has 3 aromatic carbocycles. The van der Waals surface area contributed by atoms with E-state index in [0.717, 1.165) is 21.9 Å². The Bertz CT molecular complexity index is 1270. The first-order valence-electron chi connectivity index (χ1n) is 9.23. The molecular formula is C24H20N2O3. The van der Waals surface area contributed by atoms with E-state index < -0.39 is 11.5 Å². The van der Waals surface area contributed by atoms with Gasteiger partial charge >= 0.3 is 0 Å². The van der Waals surface area contributed by atoms with Crippen molar-refractivity contribution in [2.24, 2.45) is 0 Å². The molecule has 1 aromatic heterocycles. The van der Waals surface area contributed by atoms with Crippen LogP contribution in [0.15, 0.2) is 77.6 Å². The number of rotatable bonds is 4. The number of carbonyl (C=O) groups excluding carboxylic acids is 1. The lowest BCUT2D eigenvalue weighted by Gasteiger charge is -2.11. The third kappa shape index (κ3) is 3.75. The predicted molar refractivity (Wildman–Crippen MR) is 116 cm³/mol. The molecule has 4 aromatic rings. The van der Waals surface area contributed by atoms with E-state index in [-0.39, 0.29) is 5.56 Å². The number of aromatic nitrogens is 1. The molecular weight excluding hydrogens is 364 g/mol. The lowest BCUT2D eigenvalue weighted by atomic mass is 10.0. The van der Waals surface area contributed by atoms with Crippen molar-refractivity contribution in [3.8, 4) is 17.0 Å². The Morgan fingerprint density at radius 1 is 0.931 bits per heavy atom. The van der Waals surface area contributed by atoms with Crippen molar-refractivity contribution < 1.29 is 9.53 Å². The average molecular weight is 384 g/mol. The van der Waals surface area contributed by atoms with Gasteiger partial charge in [-0.1, -0.05) is 42.5 Å². The first-order valence-corrected chi connectivity index (χ1v) is 9.23. The molecule has 4 rings (SSSR count). The third-order valence-corrected chi connectivity index (χ3v) is 4.82. The summed E-state index contributed by atoms with van der Waals surface area (Å²) >= 11 is 0. The van der Waals surface area contributed by atoms with Crippen molar-refractivity contribution in [3.05, 3.63) is 94.3 Å². The second kappa shape index (κ2) is 7.64. The Morgan fingerprint density at radius 2 is 1.72 bits per heavy atom. The Labute approximate surface area is 168 Å². The van der Waals surface area contributed by atoms with Gasteiger partial charge in [-0.2, -0.15) is 0 Å². The van der Waals surface area contributed by atoms with E-state index in [0.29, 0.717) is 17.1 Å². The summed E-state index contributed by atoms with van der Waals surface area (Å²) in [6, 6.07) is 22.7. The van der Waals surface area contributed by atoms with Gasteiger partial charge in [-0.25, -0.2) is 0 Å². The fraction of sp³-hybridized carbons (Fsp3) is 0.0833. The number of carbonyl (C=O) groups is 1. The largest absolute Gasteiger partial charge is 0.495 e. The molecule has 5 heteroatoms. The highest BCUT2D eigenvalue weighted by atomic mass is 16.5. The average Bonchev–Trinajstić information content (AvgIpc) is 2.73. The number of hydrogen-bond donors (Lipinski definition) is 2. The Balaban J connectivity index is 1.64. The summed E-state index contributed by atoms with van der Waals surface area (Å²) in [7, 11) is 1.53. The van der Waals surface area contributed by atoms with Crippen LogP contribution in [0.25, 0.3) is 22.0 Å². The van der Waals surface area contributed by atoms with E-state index >= 15 is 0 Å². The van der Waals surface area contributed by atoms with Crippen molar-refractivity contribution in [1.29, 1.82) is 0 Å². The third-order valence-electron chi connectivity index (χ3n) is 4.82. The molecule has 0 saturated carbocycles. The number of H-pyrrole nitrogens is 1. The Hall–Kier alpha value is -3.86. The summed E-state index contributed by atoms with van der Waals surface area (Å²) in [6.07, 6.45) is 0. The zero-order chi connectivity index (χ0) is 20.4. The molecule has 0 aliphatic heterocycles. The number of anilines is 1. The highest BCUT2D eigenvalue weighted by molar-refractivity contribution is 6.05. The number of aromatic amines is 1. The van der Waals surface area contributed by atoms with E-state index in [4.69, 9.17) is 4.74 Å². The van der Waals surface area contributed by atoms with Crippen molar-refractivity contribution in [2.45, 2.75) is 6.92 Å². The van der Waals surface area contributed by atoms with Crippen molar-refractivity contribution >= 4 is 22.4 Å². The van der Waals surface area contributed by atoms with Crippen molar-refractivity contribution in [3.63, 3.8) is 0 Å². The van der Waals surface area contributed by atoms with Crippen LogP contribution in [0, 0.1) is 6.92 Å². The van der Waals surface area contributed by atoms with Gasteiger partial charge in [0.25, 0.3) is 11.5 Å². The first kappa shape index (κ1) is 18.5. The standard InChI is InChI=1S/C24H20N2O3/c1-15-7-12-22(29-2)21(13-15)26-24(28)19-10-11-20(25-23(19)27)18-9-8-16-5-3-4-6-17(16)14-18/h3-14H,1-2H3,(H,25,27)(H,26,28). The van der Waals surface area contributed by atoms with Gasteiger partial charge in [0.1, 0.15) is 11.3 Å². The molecule has 1 amide bonds.